The van der Waals surface area contributed by atoms with Gasteiger partial charge in [0.05, 0.1) is 18.1 Å². The number of rotatable bonds is 6. The molecule has 0 aliphatic carbocycles. The van der Waals surface area contributed by atoms with E-state index in [-0.39, 0.29) is 18.2 Å². The van der Waals surface area contributed by atoms with E-state index in [9.17, 15) is 9.18 Å². The first-order valence-electron chi connectivity index (χ1n) is 10.6. The minimum Gasteiger partial charge on any atom is -0.496 e. The van der Waals surface area contributed by atoms with Crippen molar-refractivity contribution in [2.24, 2.45) is 0 Å². The van der Waals surface area contributed by atoms with Crippen LogP contribution in [0.3, 0.4) is 0 Å². The molecule has 0 aliphatic heterocycles. The highest BCUT2D eigenvalue weighted by molar-refractivity contribution is 6.02. The summed E-state index contributed by atoms with van der Waals surface area (Å²) in [7, 11) is 1.44. The van der Waals surface area contributed by atoms with Crippen LogP contribution in [0.5, 0.6) is 5.75 Å². The van der Waals surface area contributed by atoms with Gasteiger partial charge in [-0.3, -0.25) is 4.79 Å². The lowest BCUT2D eigenvalue weighted by atomic mass is 10.0. The van der Waals surface area contributed by atoms with Gasteiger partial charge in [-0.05, 0) is 50.1 Å². The molecule has 2 heterocycles. The number of benzene rings is 2. The highest BCUT2D eigenvalue weighted by Crippen LogP contribution is 2.37. The molecule has 0 saturated carbocycles. The van der Waals surface area contributed by atoms with Crippen LogP contribution in [0.4, 0.5) is 10.2 Å². The number of aromatic nitrogens is 3. The SMILES string of the molecule is COc1ccc(F)cc1C(=O)NCc1ccc(-c2c(C)n(C(C)C)c3ncnc(N)c23)cc1. The van der Waals surface area contributed by atoms with E-state index >= 15 is 0 Å². The molecular weight excluding hydrogens is 421 g/mol. The standard InChI is InChI=1S/C25H26FN5O2/c1-14(2)31-15(3)21(22-23(27)29-13-30-24(22)31)17-7-5-16(6-8-17)12-28-25(32)19-11-18(26)9-10-20(19)33-4/h5-11,13-14H,12H2,1-4H3,(H,28,32)(H2,27,29,30). The largest absolute Gasteiger partial charge is 0.496 e. The summed E-state index contributed by atoms with van der Waals surface area (Å²) in [5.41, 5.74) is 11.1. The Labute approximate surface area is 191 Å². The molecule has 0 bridgehead atoms. The van der Waals surface area contributed by atoms with Crippen molar-refractivity contribution in [3.05, 3.63) is 71.4 Å². The highest BCUT2D eigenvalue weighted by atomic mass is 19.1. The van der Waals surface area contributed by atoms with Crippen LogP contribution in [0.15, 0.2) is 48.8 Å². The fraction of sp³-hybridized carbons (Fsp3) is 0.240. The van der Waals surface area contributed by atoms with Gasteiger partial charge in [0.1, 0.15) is 29.4 Å². The predicted molar refractivity (Wildman–Crippen MR) is 127 cm³/mol. The number of nitrogens with zero attached hydrogens (tertiary/aromatic N) is 3. The van der Waals surface area contributed by atoms with Gasteiger partial charge in [0.15, 0.2) is 0 Å². The highest BCUT2D eigenvalue weighted by Gasteiger charge is 2.21. The van der Waals surface area contributed by atoms with Gasteiger partial charge in [0.25, 0.3) is 5.91 Å². The quantitative estimate of drug-likeness (QED) is 0.449. The van der Waals surface area contributed by atoms with E-state index in [4.69, 9.17) is 10.5 Å². The van der Waals surface area contributed by atoms with Crippen molar-refractivity contribution in [2.75, 3.05) is 12.8 Å². The van der Waals surface area contributed by atoms with E-state index in [0.29, 0.717) is 11.6 Å². The number of halogens is 1. The molecule has 0 fully saturated rings. The Balaban J connectivity index is 1.60. The number of nitrogens with two attached hydrogens (primary N) is 1. The van der Waals surface area contributed by atoms with Gasteiger partial charge in [-0.2, -0.15) is 0 Å². The molecule has 4 rings (SSSR count). The Kier molecular flexibility index (Phi) is 6.00. The lowest BCUT2D eigenvalue weighted by Gasteiger charge is -2.12. The number of amides is 1. The van der Waals surface area contributed by atoms with Crippen molar-refractivity contribution in [3.8, 4) is 16.9 Å². The molecular formula is C25H26FN5O2. The minimum atomic E-state index is -0.496. The molecule has 7 nitrogen and oxygen atoms in total. The van der Waals surface area contributed by atoms with Crippen LogP contribution in [0, 0.1) is 12.7 Å². The van der Waals surface area contributed by atoms with Gasteiger partial charge in [-0.1, -0.05) is 24.3 Å². The maximum Gasteiger partial charge on any atom is 0.255 e. The fourth-order valence-corrected chi connectivity index (χ4v) is 4.18. The zero-order valence-corrected chi connectivity index (χ0v) is 19.0. The number of fused-ring (bicyclic) bond motifs is 1. The summed E-state index contributed by atoms with van der Waals surface area (Å²) in [6.45, 7) is 6.55. The topological polar surface area (TPSA) is 95.1 Å². The molecule has 4 aromatic rings. The van der Waals surface area contributed by atoms with Crippen LogP contribution in [0.25, 0.3) is 22.2 Å². The van der Waals surface area contributed by atoms with Crippen molar-refractivity contribution in [1.82, 2.24) is 19.9 Å². The second kappa shape index (κ2) is 8.90. The number of nitrogens with one attached hydrogen (secondary N) is 1. The van der Waals surface area contributed by atoms with Crippen LogP contribution in [0.1, 0.15) is 41.5 Å². The van der Waals surface area contributed by atoms with E-state index in [0.717, 1.165) is 39.5 Å². The van der Waals surface area contributed by atoms with E-state index < -0.39 is 11.7 Å². The summed E-state index contributed by atoms with van der Waals surface area (Å²) in [4.78, 5) is 21.2. The van der Waals surface area contributed by atoms with Crippen molar-refractivity contribution in [2.45, 2.75) is 33.4 Å². The van der Waals surface area contributed by atoms with Crippen molar-refractivity contribution < 1.29 is 13.9 Å². The van der Waals surface area contributed by atoms with E-state index in [1.54, 1.807) is 0 Å². The van der Waals surface area contributed by atoms with E-state index in [1.807, 2.05) is 24.3 Å². The van der Waals surface area contributed by atoms with Gasteiger partial charge in [0.2, 0.25) is 0 Å². The molecule has 0 atom stereocenters. The van der Waals surface area contributed by atoms with Gasteiger partial charge in [0, 0.05) is 23.8 Å². The second-order valence-corrected chi connectivity index (χ2v) is 8.11. The Bertz CT molecular complexity index is 1330. The molecule has 2 aromatic carbocycles. The number of nitrogen functional groups attached to an aromatic ring is 1. The first-order chi connectivity index (χ1) is 15.8. The molecule has 0 unspecified atom stereocenters. The molecule has 0 spiro atoms. The van der Waals surface area contributed by atoms with Crippen LogP contribution >= 0.6 is 0 Å². The predicted octanol–water partition coefficient (Wildman–Crippen LogP) is 4.65. The third-order valence-electron chi connectivity index (χ3n) is 5.68. The number of anilines is 1. The Hall–Kier alpha value is -3.94. The van der Waals surface area contributed by atoms with Gasteiger partial charge < -0.3 is 20.4 Å². The minimum absolute atomic E-state index is 0.154. The maximum atomic E-state index is 13.6. The van der Waals surface area contributed by atoms with Crippen molar-refractivity contribution in [1.29, 1.82) is 0 Å². The average molecular weight is 448 g/mol. The van der Waals surface area contributed by atoms with Crippen LogP contribution in [-0.4, -0.2) is 27.6 Å². The smallest absolute Gasteiger partial charge is 0.255 e. The fourth-order valence-electron chi connectivity index (χ4n) is 4.18. The molecule has 1 amide bonds. The lowest BCUT2D eigenvalue weighted by molar-refractivity contribution is 0.0947. The summed E-state index contributed by atoms with van der Waals surface area (Å²) in [6.07, 6.45) is 1.49. The molecule has 8 heteroatoms. The normalized spacial score (nSPS) is 11.2. The second-order valence-electron chi connectivity index (χ2n) is 8.11. The Morgan fingerprint density at radius 3 is 2.58 bits per heavy atom. The summed E-state index contributed by atoms with van der Waals surface area (Å²) in [5, 5.41) is 3.65. The monoisotopic (exact) mass is 447 g/mol. The van der Waals surface area contributed by atoms with E-state index in [2.05, 4.69) is 40.6 Å². The molecule has 0 radical (unpaired) electrons. The molecule has 33 heavy (non-hydrogen) atoms. The summed E-state index contributed by atoms with van der Waals surface area (Å²) in [6, 6.07) is 11.9. The Morgan fingerprint density at radius 1 is 1.18 bits per heavy atom. The van der Waals surface area contributed by atoms with Crippen LogP contribution in [0.2, 0.25) is 0 Å². The molecule has 170 valence electrons. The molecule has 0 saturated heterocycles. The van der Waals surface area contributed by atoms with Crippen LogP contribution in [-0.2, 0) is 6.54 Å². The van der Waals surface area contributed by atoms with Gasteiger partial charge >= 0.3 is 0 Å². The number of ether oxygens (including phenoxy) is 1. The van der Waals surface area contributed by atoms with Gasteiger partial charge in [-0.15, -0.1) is 0 Å². The summed E-state index contributed by atoms with van der Waals surface area (Å²) < 4.78 is 20.9. The third kappa shape index (κ3) is 4.11. The zero-order chi connectivity index (χ0) is 23.7. The lowest BCUT2D eigenvalue weighted by Crippen LogP contribution is -2.23. The average Bonchev–Trinajstić information content (AvgIpc) is 3.11. The third-order valence-corrected chi connectivity index (χ3v) is 5.68. The number of methoxy groups -OCH3 is 1. The number of hydrogen-bond acceptors (Lipinski definition) is 5. The maximum absolute atomic E-state index is 13.6. The van der Waals surface area contributed by atoms with Crippen LogP contribution < -0.4 is 15.8 Å². The number of carbonyl (C=O) groups is 1. The van der Waals surface area contributed by atoms with Crippen molar-refractivity contribution >= 4 is 22.8 Å². The first kappa shape index (κ1) is 22.3. The first-order valence-corrected chi connectivity index (χ1v) is 10.6. The number of carbonyl (C=O) groups excluding carboxylic acids is 1. The van der Waals surface area contributed by atoms with E-state index in [1.165, 1.54) is 25.6 Å². The summed E-state index contributed by atoms with van der Waals surface area (Å²) in [5.74, 6) is -0.139. The van der Waals surface area contributed by atoms with Gasteiger partial charge in [-0.25, -0.2) is 14.4 Å². The molecule has 2 aromatic heterocycles. The molecule has 0 aliphatic rings. The summed E-state index contributed by atoms with van der Waals surface area (Å²) >= 11 is 0. The molecule has 3 N–H and O–H groups in total. The number of hydrogen-bond donors (Lipinski definition) is 2. The van der Waals surface area contributed by atoms with Crippen molar-refractivity contribution in [3.63, 3.8) is 0 Å². The zero-order valence-electron chi connectivity index (χ0n) is 19.0. The Morgan fingerprint density at radius 2 is 1.91 bits per heavy atom.